The molecule has 86 valence electrons. The first-order valence-electron chi connectivity index (χ1n) is 5.25. The highest BCUT2D eigenvalue weighted by molar-refractivity contribution is 5.61. The van der Waals surface area contributed by atoms with Crippen LogP contribution in [0.4, 0.5) is 11.5 Å². The number of nitrogens with zero attached hydrogens (tertiary/aromatic N) is 5. The molecule has 0 aliphatic carbocycles. The number of rotatable bonds is 3. The molecule has 17 heavy (non-hydrogen) atoms. The number of anilines is 2. The monoisotopic (exact) mass is 228 g/mol. The smallest absolute Gasteiger partial charge is 0.183 e. The average molecular weight is 228 g/mol. The van der Waals surface area contributed by atoms with Crippen LogP contribution < -0.4 is 5.32 Å². The molecule has 0 saturated carbocycles. The molecule has 0 aromatic carbocycles. The van der Waals surface area contributed by atoms with E-state index in [4.69, 9.17) is 5.26 Å². The minimum absolute atomic E-state index is 0.276. The molecule has 6 nitrogen and oxygen atoms in total. The van der Waals surface area contributed by atoms with Crippen molar-refractivity contribution in [3.8, 4) is 6.07 Å². The van der Waals surface area contributed by atoms with Gasteiger partial charge in [0, 0.05) is 25.6 Å². The Balaban J connectivity index is 2.35. The fraction of sp³-hybridized carbons (Fsp3) is 0.273. The Labute approximate surface area is 98.9 Å². The van der Waals surface area contributed by atoms with Crippen LogP contribution in [0.25, 0.3) is 0 Å². The minimum atomic E-state index is 0.276. The van der Waals surface area contributed by atoms with Crippen LogP contribution in [0.5, 0.6) is 0 Å². The molecule has 0 saturated heterocycles. The Hall–Kier alpha value is -2.42. The SMILES string of the molecule is CCc1nn(C)cc1Nc1nccnc1C#N. The Morgan fingerprint density at radius 2 is 2.18 bits per heavy atom. The summed E-state index contributed by atoms with van der Waals surface area (Å²) < 4.78 is 1.73. The average Bonchev–Trinajstić information content (AvgIpc) is 2.70. The molecule has 2 aromatic heterocycles. The van der Waals surface area contributed by atoms with Crippen molar-refractivity contribution in [3.05, 3.63) is 30.0 Å². The Morgan fingerprint density at radius 3 is 2.88 bits per heavy atom. The molecule has 1 N–H and O–H groups in total. The van der Waals surface area contributed by atoms with E-state index in [1.165, 1.54) is 6.20 Å². The van der Waals surface area contributed by atoms with Crippen LogP contribution in [0, 0.1) is 11.3 Å². The third kappa shape index (κ3) is 2.23. The number of aromatic nitrogens is 4. The number of nitrogens with one attached hydrogen (secondary N) is 1. The second kappa shape index (κ2) is 4.61. The van der Waals surface area contributed by atoms with Crippen LogP contribution in [0.15, 0.2) is 18.6 Å². The largest absolute Gasteiger partial charge is 0.335 e. The molecule has 6 heteroatoms. The summed E-state index contributed by atoms with van der Waals surface area (Å²) in [5.41, 5.74) is 2.06. The lowest BCUT2D eigenvalue weighted by Gasteiger charge is -2.04. The molecule has 0 bridgehead atoms. The van der Waals surface area contributed by atoms with Crippen molar-refractivity contribution in [1.82, 2.24) is 19.7 Å². The van der Waals surface area contributed by atoms with Crippen molar-refractivity contribution in [2.24, 2.45) is 7.05 Å². The van der Waals surface area contributed by atoms with Crippen LogP contribution >= 0.6 is 0 Å². The molecule has 2 heterocycles. The van der Waals surface area contributed by atoms with Crippen LogP contribution in [0.2, 0.25) is 0 Å². The van der Waals surface area contributed by atoms with Crippen molar-refractivity contribution in [2.45, 2.75) is 13.3 Å². The summed E-state index contributed by atoms with van der Waals surface area (Å²) in [6.07, 6.45) is 5.71. The molecule has 0 aliphatic rings. The van der Waals surface area contributed by atoms with Gasteiger partial charge in [0.1, 0.15) is 6.07 Å². The van der Waals surface area contributed by atoms with Gasteiger partial charge in [-0.25, -0.2) is 9.97 Å². The lowest BCUT2D eigenvalue weighted by molar-refractivity contribution is 0.746. The summed E-state index contributed by atoms with van der Waals surface area (Å²) in [5, 5.41) is 16.3. The minimum Gasteiger partial charge on any atom is -0.335 e. The lowest BCUT2D eigenvalue weighted by atomic mass is 10.3. The molecule has 0 unspecified atom stereocenters. The molecule has 0 spiro atoms. The van der Waals surface area contributed by atoms with Gasteiger partial charge >= 0.3 is 0 Å². The maximum atomic E-state index is 8.91. The van der Waals surface area contributed by atoms with Gasteiger partial charge in [0.25, 0.3) is 0 Å². The molecule has 2 aromatic rings. The van der Waals surface area contributed by atoms with E-state index < -0.39 is 0 Å². The maximum Gasteiger partial charge on any atom is 0.183 e. The maximum absolute atomic E-state index is 8.91. The van der Waals surface area contributed by atoms with Gasteiger partial charge in [0.2, 0.25) is 0 Å². The van der Waals surface area contributed by atoms with E-state index in [9.17, 15) is 0 Å². The van der Waals surface area contributed by atoms with E-state index in [2.05, 4.69) is 20.4 Å². The van der Waals surface area contributed by atoms with Gasteiger partial charge in [-0.3, -0.25) is 4.68 Å². The predicted molar refractivity (Wildman–Crippen MR) is 62.6 cm³/mol. The number of hydrogen-bond donors (Lipinski definition) is 1. The Morgan fingerprint density at radius 1 is 1.41 bits per heavy atom. The van der Waals surface area contributed by atoms with Crippen LogP contribution in [0.3, 0.4) is 0 Å². The Kier molecular flexibility index (Phi) is 3.01. The molecule has 0 radical (unpaired) electrons. The summed E-state index contributed by atoms with van der Waals surface area (Å²) >= 11 is 0. The molecule has 0 amide bonds. The third-order valence-corrected chi connectivity index (χ3v) is 2.30. The molecular weight excluding hydrogens is 216 g/mol. The highest BCUT2D eigenvalue weighted by Gasteiger charge is 2.09. The Bertz CT molecular complexity index is 566. The van der Waals surface area contributed by atoms with Gasteiger partial charge in [-0.1, -0.05) is 6.92 Å². The lowest BCUT2D eigenvalue weighted by Crippen LogP contribution is -1.99. The zero-order chi connectivity index (χ0) is 12.3. The van der Waals surface area contributed by atoms with Crippen LogP contribution in [-0.4, -0.2) is 19.7 Å². The number of aryl methyl sites for hydroxylation is 2. The van der Waals surface area contributed by atoms with Gasteiger partial charge < -0.3 is 5.32 Å². The number of hydrogen-bond acceptors (Lipinski definition) is 5. The molecular formula is C11H12N6. The molecule has 0 aliphatic heterocycles. The molecule has 0 atom stereocenters. The van der Waals surface area contributed by atoms with Gasteiger partial charge in [-0.05, 0) is 6.42 Å². The summed E-state index contributed by atoms with van der Waals surface area (Å²) in [6, 6.07) is 2.00. The van der Waals surface area contributed by atoms with Crippen LogP contribution in [0.1, 0.15) is 18.3 Å². The molecule has 0 fully saturated rings. The highest BCUT2D eigenvalue weighted by Crippen LogP contribution is 2.19. The highest BCUT2D eigenvalue weighted by atomic mass is 15.3. The normalized spacial score (nSPS) is 9.94. The summed E-state index contributed by atoms with van der Waals surface area (Å²) in [5.74, 6) is 0.456. The van der Waals surface area contributed by atoms with Crippen molar-refractivity contribution < 1.29 is 0 Å². The van der Waals surface area contributed by atoms with E-state index >= 15 is 0 Å². The fourth-order valence-corrected chi connectivity index (χ4v) is 1.54. The van der Waals surface area contributed by atoms with Crippen molar-refractivity contribution in [1.29, 1.82) is 5.26 Å². The van der Waals surface area contributed by atoms with Crippen molar-refractivity contribution in [3.63, 3.8) is 0 Å². The van der Waals surface area contributed by atoms with E-state index in [-0.39, 0.29) is 5.69 Å². The first-order chi connectivity index (χ1) is 8.24. The van der Waals surface area contributed by atoms with Crippen LogP contribution in [-0.2, 0) is 13.5 Å². The summed E-state index contributed by atoms with van der Waals surface area (Å²) in [6.45, 7) is 2.02. The quantitative estimate of drug-likeness (QED) is 0.858. The first kappa shape index (κ1) is 11.1. The topological polar surface area (TPSA) is 79.4 Å². The zero-order valence-corrected chi connectivity index (χ0v) is 9.68. The predicted octanol–water partition coefficient (Wildman–Crippen LogP) is 1.39. The van der Waals surface area contributed by atoms with Gasteiger partial charge in [-0.15, -0.1) is 0 Å². The second-order valence-corrected chi connectivity index (χ2v) is 3.51. The summed E-state index contributed by atoms with van der Waals surface area (Å²) in [7, 11) is 1.85. The van der Waals surface area contributed by atoms with Gasteiger partial charge in [0.15, 0.2) is 11.5 Å². The molecule has 2 rings (SSSR count). The zero-order valence-electron chi connectivity index (χ0n) is 9.68. The third-order valence-electron chi connectivity index (χ3n) is 2.30. The first-order valence-corrected chi connectivity index (χ1v) is 5.25. The summed E-state index contributed by atoms with van der Waals surface area (Å²) in [4.78, 5) is 8.04. The van der Waals surface area contributed by atoms with E-state index in [1.54, 1.807) is 10.9 Å². The van der Waals surface area contributed by atoms with E-state index in [0.717, 1.165) is 17.8 Å². The van der Waals surface area contributed by atoms with E-state index in [1.807, 2.05) is 26.2 Å². The van der Waals surface area contributed by atoms with Gasteiger partial charge in [-0.2, -0.15) is 10.4 Å². The van der Waals surface area contributed by atoms with Gasteiger partial charge in [0.05, 0.1) is 11.4 Å². The fourth-order valence-electron chi connectivity index (χ4n) is 1.54. The number of nitriles is 1. The van der Waals surface area contributed by atoms with Crippen molar-refractivity contribution >= 4 is 11.5 Å². The van der Waals surface area contributed by atoms with E-state index in [0.29, 0.717) is 5.82 Å². The second-order valence-electron chi connectivity index (χ2n) is 3.51. The van der Waals surface area contributed by atoms with Crippen molar-refractivity contribution in [2.75, 3.05) is 5.32 Å². The standard InChI is InChI=1S/C11H12N6/c1-3-8-10(7-17(2)16-8)15-11-9(6-12)13-4-5-14-11/h4-5,7H,3H2,1-2H3,(H,14,15).